The molecule has 0 heterocycles. The van der Waals surface area contributed by atoms with Gasteiger partial charge in [0.25, 0.3) is 5.69 Å². The molecule has 2 aromatic rings. The molecule has 104 valence electrons. The predicted molar refractivity (Wildman–Crippen MR) is 79.3 cm³/mol. The third kappa shape index (κ3) is 3.14. The van der Waals surface area contributed by atoms with Gasteiger partial charge in [0.15, 0.2) is 0 Å². The van der Waals surface area contributed by atoms with Crippen molar-refractivity contribution in [3.63, 3.8) is 0 Å². The average Bonchev–Trinajstić information content (AvgIpc) is 2.39. The Morgan fingerprint density at radius 3 is 2.80 bits per heavy atom. The monoisotopic (exact) mass is 338 g/mol. The second-order valence-electron chi connectivity index (χ2n) is 4.32. The normalized spacial score (nSPS) is 10.3. The van der Waals surface area contributed by atoms with Crippen molar-refractivity contribution in [3.8, 4) is 0 Å². The molecule has 4 nitrogen and oxygen atoms in total. The third-order valence-corrected chi connectivity index (χ3v) is 3.67. The Hall–Kier alpha value is -1.95. The van der Waals surface area contributed by atoms with E-state index >= 15 is 0 Å². The van der Waals surface area contributed by atoms with Gasteiger partial charge in [-0.2, -0.15) is 0 Å². The smallest absolute Gasteiger partial charge is 0.295 e. The van der Waals surface area contributed by atoms with Crippen molar-refractivity contribution in [2.75, 3.05) is 5.32 Å². The number of nitrogens with zero attached hydrogens (tertiary/aromatic N) is 1. The summed E-state index contributed by atoms with van der Waals surface area (Å²) in [5, 5.41) is 14.1. The molecule has 20 heavy (non-hydrogen) atoms. The number of rotatable bonds is 4. The molecule has 0 atom stereocenters. The first-order valence-electron chi connectivity index (χ1n) is 5.91. The molecule has 0 aliphatic heterocycles. The van der Waals surface area contributed by atoms with Gasteiger partial charge < -0.3 is 5.32 Å². The van der Waals surface area contributed by atoms with Crippen molar-refractivity contribution < 1.29 is 9.31 Å². The number of hydrogen-bond acceptors (Lipinski definition) is 3. The van der Waals surface area contributed by atoms with Crippen molar-refractivity contribution in [3.05, 3.63) is 67.9 Å². The van der Waals surface area contributed by atoms with E-state index in [1.54, 1.807) is 31.2 Å². The Morgan fingerprint density at radius 2 is 2.10 bits per heavy atom. The lowest BCUT2D eigenvalue weighted by molar-refractivity contribution is -0.384. The van der Waals surface area contributed by atoms with Crippen LogP contribution in [-0.2, 0) is 6.54 Å². The Bertz CT molecular complexity index is 662. The minimum absolute atomic E-state index is 0.0417. The molecule has 0 radical (unpaired) electrons. The summed E-state index contributed by atoms with van der Waals surface area (Å²) >= 11 is 3.33. The molecule has 6 heteroatoms. The molecule has 0 saturated heterocycles. The van der Waals surface area contributed by atoms with Gasteiger partial charge in [-0.05, 0) is 36.8 Å². The highest BCUT2D eigenvalue weighted by molar-refractivity contribution is 9.10. The van der Waals surface area contributed by atoms with Crippen LogP contribution < -0.4 is 5.32 Å². The third-order valence-electron chi connectivity index (χ3n) is 2.90. The van der Waals surface area contributed by atoms with E-state index in [2.05, 4.69) is 21.2 Å². The zero-order chi connectivity index (χ0) is 14.7. The molecule has 0 spiro atoms. The molecular formula is C14H12BrFN2O2. The standard InChI is InChI=1S/C14H12BrFN2O2/c1-9-3-2-4-13(14(9)18(19)20)17-8-10-7-11(16)5-6-12(10)15/h2-7,17H,8H2,1H3. The summed E-state index contributed by atoms with van der Waals surface area (Å²) in [4.78, 5) is 10.7. The van der Waals surface area contributed by atoms with Crippen molar-refractivity contribution >= 4 is 27.3 Å². The summed E-state index contributed by atoms with van der Waals surface area (Å²) in [6, 6.07) is 9.41. The number of benzene rings is 2. The maximum Gasteiger partial charge on any atom is 0.295 e. The van der Waals surface area contributed by atoms with Crippen LogP contribution in [0.25, 0.3) is 0 Å². The topological polar surface area (TPSA) is 55.2 Å². The first-order valence-corrected chi connectivity index (χ1v) is 6.70. The number of para-hydroxylation sites is 1. The van der Waals surface area contributed by atoms with Gasteiger partial charge in [0, 0.05) is 16.6 Å². The fourth-order valence-corrected chi connectivity index (χ4v) is 2.30. The molecule has 2 aromatic carbocycles. The van der Waals surface area contributed by atoms with Crippen LogP contribution in [0.3, 0.4) is 0 Å². The van der Waals surface area contributed by atoms with E-state index in [9.17, 15) is 14.5 Å². The van der Waals surface area contributed by atoms with Gasteiger partial charge in [-0.3, -0.25) is 10.1 Å². The quantitative estimate of drug-likeness (QED) is 0.663. The molecule has 0 aliphatic carbocycles. The Kier molecular flexibility index (Phi) is 4.34. The van der Waals surface area contributed by atoms with Crippen molar-refractivity contribution in [2.24, 2.45) is 0 Å². The van der Waals surface area contributed by atoms with Crippen molar-refractivity contribution in [1.82, 2.24) is 0 Å². The molecule has 0 unspecified atom stereocenters. The average molecular weight is 339 g/mol. The lowest BCUT2D eigenvalue weighted by Crippen LogP contribution is -2.04. The van der Waals surface area contributed by atoms with Gasteiger partial charge in [-0.1, -0.05) is 28.1 Å². The van der Waals surface area contributed by atoms with Gasteiger partial charge >= 0.3 is 0 Å². The van der Waals surface area contributed by atoms with Gasteiger partial charge in [0.05, 0.1) is 4.92 Å². The highest BCUT2D eigenvalue weighted by Crippen LogP contribution is 2.29. The van der Waals surface area contributed by atoms with Crippen LogP contribution in [0.4, 0.5) is 15.8 Å². The Morgan fingerprint density at radius 1 is 1.35 bits per heavy atom. The SMILES string of the molecule is Cc1cccc(NCc2cc(F)ccc2Br)c1[N+](=O)[O-]. The number of nitro groups is 1. The summed E-state index contributed by atoms with van der Waals surface area (Å²) in [7, 11) is 0. The minimum Gasteiger partial charge on any atom is -0.375 e. The summed E-state index contributed by atoms with van der Waals surface area (Å²) in [5.74, 6) is -0.344. The van der Waals surface area contributed by atoms with E-state index in [1.807, 2.05) is 0 Å². The molecule has 1 N–H and O–H groups in total. The largest absolute Gasteiger partial charge is 0.375 e. The van der Waals surface area contributed by atoms with Crippen molar-refractivity contribution in [2.45, 2.75) is 13.5 Å². The number of nitrogens with one attached hydrogen (secondary N) is 1. The molecular weight excluding hydrogens is 327 g/mol. The van der Waals surface area contributed by atoms with Gasteiger partial charge in [0.1, 0.15) is 11.5 Å². The summed E-state index contributed by atoms with van der Waals surface area (Å²) < 4.78 is 13.9. The van der Waals surface area contributed by atoms with E-state index in [4.69, 9.17) is 0 Å². The Labute approximate surface area is 123 Å². The second-order valence-corrected chi connectivity index (χ2v) is 5.17. The lowest BCUT2D eigenvalue weighted by Gasteiger charge is -2.10. The first-order chi connectivity index (χ1) is 9.49. The maximum atomic E-state index is 13.2. The predicted octanol–water partition coefficient (Wildman–Crippen LogP) is 4.42. The van der Waals surface area contributed by atoms with Crippen LogP contribution in [0.2, 0.25) is 0 Å². The molecule has 2 rings (SSSR count). The van der Waals surface area contributed by atoms with E-state index in [0.29, 0.717) is 23.4 Å². The van der Waals surface area contributed by atoms with Crippen LogP contribution in [-0.4, -0.2) is 4.92 Å². The van der Waals surface area contributed by atoms with Crippen LogP contribution >= 0.6 is 15.9 Å². The molecule has 0 aromatic heterocycles. The van der Waals surface area contributed by atoms with Crippen LogP contribution in [0.1, 0.15) is 11.1 Å². The maximum absolute atomic E-state index is 13.2. The molecule has 0 saturated carbocycles. The van der Waals surface area contributed by atoms with Gasteiger partial charge in [0.2, 0.25) is 0 Å². The fourth-order valence-electron chi connectivity index (χ4n) is 1.91. The van der Waals surface area contributed by atoms with E-state index in [-0.39, 0.29) is 11.5 Å². The van der Waals surface area contributed by atoms with Gasteiger partial charge in [-0.25, -0.2) is 4.39 Å². The fraction of sp³-hybridized carbons (Fsp3) is 0.143. The van der Waals surface area contributed by atoms with Crippen LogP contribution in [0, 0.1) is 22.9 Å². The molecule has 0 bridgehead atoms. The first kappa shape index (κ1) is 14.5. The van der Waals surface area contributed by atoms with Crippen molar-refractivity contribution in [1.29, 1.82) is 0 Å². The summed E-state index contributed by atoms with van der Waals surface area (Å²) in [6.45, 7) is 1.98. The summed E-state index contributed by atoms with van der Waals surface area (Å²) in [5.41, 5.74) is 1.74. The Balaban J connectivity index is 2.25. The molecule has 0 aliphatic rings. The highest BCUT2D eigenvalue weighted by atomic mass is 79.9. The number of nitro benzene ring substituents is 1. The second kappa shape index (κ2) is 6.00. The minimum atomic E-state index is -0.418. The van der Waals surface area contributed by atoms with E-state index < -0.39 is 4.92 Å². The zero-order valence-corrected chi connectivity index (χ0v) is 12.3. The lowest BCUT2D eigenvalue weighted by atomic mass is 10.1. The molecule has 0 fully saturated rings. The van der Waals surface area contributed by atoms with Crippen LogP contribution in [0.15, 0.2) is 40.9 Å². The number of aryl methyl sites for hydroxylation is 1. The van der Waals surface area contributed by atoms with E-state index in [1.165, 1.54) is 12.1 Å². The highest BCUT2D eigenvalue weighted by Gasteiger charge is 2.16. The van der Waals surface area contributed by atoms with Gasteiger partial charge in [-0.15, -0.1) is 0 Å². The summed E-state index contributed by atoms with van der Waals surface area (Å²) in [6.07, 6.45) is 0. The zero-order valence-electron chi connectivity index (χ0n) is 10.7. The van der Waals surface area contributed by atoms with Crippen LogP contribution in [0.5, 0.6) is 0 Å². The number of halogens is 2. The molecule has 0 amide bonds. The number of anilines is 1. The van der Waals surface area contributed by atoms with E-state index in [0.717, 1.165) is 4.47 Å². The number of hydrogen-bond donors (Lipinski definition) is 1.